The van der Waals surface area contributed by atoms with Crippen LogP contribution < -0.4 is 5.73 Å². The van der Waals surface area contributed by atoms with Gasteiger partial charge in [-0.15, -0.1) is 0 Å². The minimum Gasteiger partial charge on any atom is -0.331 e. The number of aryl methyl sites for hydroxylation is 2. The molecule has 0 saturated carbocycles. The van der Waals surface area contributed by atoms with Crippen molar-refractivity contribution in [3.63, 3.8) is 0 Å². The van der Waals surface area contributed by atoms with E-state index < -0.39 is 0 Å². The summed E-state index contributed by atoms with van der Waals surface area (Å²) in [6, 6.07) is 14.7. The number of hydrogen-bond acceptors (Lipinski definition) is 2. The van der Waals surface area contributed by atoms with Gasteiger partial charge in [-0.25, -0.2) is 9.37 Å². The summed E-state index contributed by atoms with van der Waals surface area (Å²) >= 11 is 0. The first-order chi connectivity index (χ1) is 10.1. The van der Waals surface area contributed by atoms with E-state index in [9.17, 15) is 4.39 Å². The molecule has 0 aliphatic heterocycles. The Bertz CT molecular complexity index is 749. The molecular formula is C17H18FN3. The number of fused-ring (bicyclic) bond motifs is 1. The Morgan fingerprint density at radius 1 is 1.19 bits per heavy atom. The molecule has 0 aliphatic carbocycles. The van der Waals surface area contributed by atoms with Crippen LogP contribution in [0.3, 0.4) is 0 Å². The lowest BCUT2D eigenvalue weighted by Crippen LogP contribution is -2.12. The number of rotatable bonds is 4. The third-order valence-electron chi connectivity index (χ3n) is 3.84. The lowest BCUT2D eigenvalue weighted by molar-refractivity contribution is 0.621. The van der Waals surface area contributed by atoms with Crippen LogP contribution in [0.1, 0.15) is 23.9 Å². The molecule has 0 spiro atoms. The van der Waals surface area contributed by atoms with Crippen molar-refractivity contribution < 1.29 is 4.39 Å². The van der Waals surface area contributed by atoms with Gasteiger partial charge in [-0.3, -0.25) is 0 Å². The molecular weight excluding hydrogens is 265 g/mol. The van der Waals surface area contributed by atoms with E-state index in [2.05, 4.69) is 4.98 Å². The van der Waals surface area contributed by atoms with E-state index in [1.165, 1.54) is 12.1 Å². The molecule has 2 aromatic carbocycles. The van der Waals surface area contributed by atoms with Crippen molar-refractivity contribution in [1.29, 1.82) is 0 Å². The van der Waals surface area contributed by atoms with Gasteiger partial charge in [0.05, 0.1) is 11.0 Å². The van der Waals surface area contributed by atoms with Crippen molar-refractivity contribution in [2.24, 2.45) is 12.8 Å². The highest BCUT2D eigenvalue weighted by molar-refractivity contribution is 5.75. The fourth-order valence-corrected chi connectivity index (χ4v) is 2.59. The summed E-state index contributed by atoms with van der Waals surface area (Å²) in [6.45, 7) is 0. The van der Waals surface area contributed by atoms with E-state index >= 15 is 0 Å². The zero-order valence-electron chi connectivity index (χ0n) is 12.0. The molecule has 1 heterocycles. The number of aromatic nitrogens is 2. The molecule has 4 heteroatoms. The van der Waals surface area contributed by atoms with Gasteiger partial charge in [0.1, 0.15) is 11.6 Å². The molecule has 2 N–H and O–H groups in total. The zero-order chi connectivity index (χ0) is 14.8. The Kier molecular flexibility index (Phi) is 3.71. The van der Waals surface area contributed by atoms with Crippen molar-refractivity contribution in [1.82, 2.24) is 9.55 Å². The summed E-state index contributed by atoms with van der Waals surface area (Å²) in [5, 5.41) is 0. The molecule has 1 unspecified atom stereocenters. The van der Waals surface area contributed by atoms with Crippen LogP contribution >= 0.6 is 0 Å². The lowest BCUT2D eigenvalue weighted by Gasteiger charge is -2.11. The summed E-state index contributed by atoms with van der Waals surface area (Å²) in [7, 11) is 1.91. The van der Waals surface area contributed by atoms with E-state index in [1.54, 1.807) is 6.07 Å². The number of nitrogens with two attached hydrogens (primary N) is 1. The van der Waals surface area contributed by atoms with E-state index in [1.807, 2.05) is 41.9 Å². The number of imidazole rings is 1. The Labute approximate surface area is 123 Å². The second-order valence-electron chi connectivity index (χ2n) is 5.28. The molecule has 0 saturated heterocycles. The first kappa shape index (κ1) is 13.8. The molecule has 0 radical (unpaired) electrons. The fourth-order valence-electron chi connectivity index (χ4n) is 2.59. The molecule has 3 rings (SSSR count). The van der Waals surface area contributed by atoms with Gasteiger partial charge < -0.3 is 10.3 Å². The van der Waals surface area contributed by atoms with Crippen LogP contribution in [-0.2, 0) is 13.5 Å². The van der Waals surface area contributed by atoms with Crippen molar-refractivity contribution in [2.45, 2.75) is 18.9 Å². The predicted octanol–water partition coefficient (Wildman–Crippen LogP) is 3.35. The summed E-state index contributed by atoms with van der Waals surface area (Å²) < 4.78 is 15.2. The van der Waals surface area contributed by atoms with Crippen LogP contribution in [0.5, 0.6) is 0 Å². The van der Waals surface area contributed by atoms with E-state index in [4.69, 9.17) is 5.73 Å². The summed E-state index contributed by atoms with van der Waals surface area (Å²) in [6.07, 6.45) is 1.58. The highest BCUT2D eigenvalue weighted by Gasteiger charge is 2.11. The van der Waals surface area contributed by atoms with E-state index in [0.717, 1.165) is 35.3 Å². The van der Waals surface area contributed by atoms with Crippen molar-refractivity contribution in [3.05, 3.63) is 65.7 Å². The number of nitrogens with zero attached hydrogens (tertiary/aromatic N) is 2. The van der Waals surface area contributed by atoms with Crippen molar-refractivity contribution in [2.75, 3.05) is 0 Å². The molecule has 3 aromatic rings. The van der Waals surface area contributed by atoms with E-state index in [0.29, 0.717) is 0 Å². The van der Waals surface area contributed by atoms with Gasteiger partial charge in [-0.1, -0.05) is 30.3 Å². The average molecular weight is 283 g/mol. The number of hydrogen-bond donors (Lipinski definition) is 1. The third-order valence-corrected chi connectivity index (χ3v) is 3.84. The summed E-state index contributed by atoms with van der Waals surface area (Å²) in [5.74, 6) is 0.694. The van der Waals surface area contributed by atoms with Gasteiger partial charge in [-0.2, -0.15) is 0 Å². The quantitative estimate of drug-likeness (QED) is 0.798. The second-order valence-corrected chi connectivity index (χ2v) is 5.28. The maximum atomic E-state index is 13.3. The topological polar surface area (TPSA) is 43.8 Å². The average Bonchev–Trinajstić information content (AvgIpc) is 2.82. The zero-order valence-corrected chi connectivity index (χ0v) is 12.0. The van der Waals surface area contributed by atoms with E-state index in [-0.39, 0.29) is 11.9 Å². The van der Waals surface area contributed by atoms with Gasteiger partial charge in [-0.05, 0) is 30.2 Å². The molecule has 0 amide bonds. The molecule has 3 nitrogen and oxygen atoms in total. The molecule has 0 fully saturated rings. The maximum Gasteiger partial charge on any atom is 0.125 e. The summed E-state index contributed by atoms with van der Waals surface area (Å²) in [5.41, 5.74) is 8.98. The smallest absolute Gasteiger partial charge is 0.125 e. The normalized spacial score (nSPS) is 12.7. The minimum atomic E-state index is -0.238. The Balaban J connectivity index is 1.78. The van der Waals surface area contributed by atoms with Crippen LogP contribution in [0.2, 0.25) is 0 Å². The number of benzene rings is 2. The molecule has 0 aliphatic rings. The highest BCUT2D eigenvalue weighted by atomic mass is 19.1. The SMILES string of the molecule is Cn1c(CCC(N)c2ccccc2)nc2ccc(F)cc21. The lowest BCUT2D eigenvalue weighted by atomic mass is 10.0. The van der Waals surface area contributed by atoms with Gasteiger partial charge in [0.2, 0.25) is 0 Å². The molecule has 1 aromatic heterocycles. The standard InChI is InChI=1S/C17H18FN3/c1-21-16-11-13(18)7-9-15(16)20-17(21)10-8-14(19)12-5-3-2-4-6-12/h2-7,9,11,14H,8,10,19H2,1H3. The van der Waals surface area contributed by atoms with Gasteiger partial charge in [0.15, 0.2) is 0 Å². The largest absolute Gasteiger partial charge is 0.331 e. The maximum absolute atomic E-state index is 13.3. The van der Waals surface area contributed by atoms with Crippen LogP contribution in [0.4, 0.5) is 4.39 Å². The van der Waals surface area contributed by atoms with Crippen LogP contribution in [0, 0.1) is 5.82 Å². The van der Waals surface area contributed by atoms with Gasteiger partial charge in [0.25, 0.3) is 0 Å². The molecule has 21 heavy (non-hydrogen) atoms. The molecule has 1 atom stereocenters. The molecule has 0 bridgehead atoms. The van der Waals surface area contributed by atoms with Gasteiger partial charge >= 0.3 is 0 Å². The fraction of sp³-hybridized carbons (Fsp3) is 0.235. The highest BCUT2D eigenvalue weighted by Crippen LogP contribution is 2.20. The summed E-state index contributed by atoms with van der Waals surface area (Å²) in [4.78, 5) is 4.56. The third kappa shape index (κ3) is 2.81. The van der Waals surface area contributed by atoms with Gasteiger partial charge in [0, 0.05) is 19.5 Å². The Morgan fingerprint density at radius 3 is 2.71 bits per heavy atom. The van der Waals surface area contributed by atoms with Crippen LogP contribution in [0.25, 0.3) is 11.0 Å². The predicted molar refractivity (Wildman–Crippen MR) is 82.4 cm³/mol. The Hall–Kier alpha value is -2.20. The van der Waals surface area contributed by atoms with Crippen LogP contribution in [0.15, 0.2) is 48.5 Å². The monoisotopic (exact) mass is 283 g/mol. The van der Waals surface area contributed by atoms with Crippen LogP contribution in [-0.4, -0.2) is 9.55 Å². The first-order valence-corrected chi connectivity index (χ1v) is 7.06. The minimum absolute atomic E-state index is 0.0113. The number of halogens is 1. The Morgan fingerprint density at radius 2 is 1.95 bits per heavy atom. The molecule has 108 valence electrons. The first-order valence-electron chi connectivity index (χ1n) is 7.06. The van der Waals surface area contributed by atoms with Crippen molar-refractivity contribution in [3.8, 4) is 0 Å². The van der Waals surface area contributed by atoms with Crippen molar-refractivity contribution >= 4 is 11.0 Å². The second kappa shape index (κ2) is 5.66.